The maximum absolute atomic E-state index is 14.6. The molecule has 0 aliphatic heterocycles. The van der Waals surface area contributed by atoms with Gasteiger partial charge in [-0.2, -0.15) is 4.98 Å². The molecule has 0 amide bonds. The zero-order valence-corrected chi connectivity index (χ0v) is 18.7. The SMILES string of the molecule is COc1cccc(Nc2ncc3cc(-c4c(F)cccc4Cl)c(=O)n(OC[C@@H](O)CO)c3n2)c1. The first-order valence-corrected chi connectivity index (χ1v) is 10.5. The summed E-state index contributed by atoms with van der Waals surface area (Å²) in [6, 6.07) is 12.6. The van der Waals surface area contributed by atoms with Gasteiger partial charge in [0.15, 0.2) is 5.65 Å². The average molecular weight is 487 g/mol. The largest absolute Gasteiger partial charge is 0.497 e. The Balaban J connectivity index is 1.85. The molecular weight excluding hydrogens is 467 g/mol. The van der Waals surface area contributed by atoms with Crippen LogP contribution in [0.3, 0.4) is 0 Å². The Labute approximate surface area is 198 Å². The van der Waals surface area contributed by atoms with Gasteiger partial charge >= 0.3 is 0 Å². The molecule has 3 N–H and O–H groups in total. The number of aromatic nitrogens is 3. The lowest BCUT2D eigenvalue weighted by molar-refractivity contribution is 0.0000137. The lowest BCUT2D eigenvalue weighted by atomic mass is 10.1. The predicted molar refractivity (Wildman–Crippen MR) is 125 cm³/mol. The molecule has 0 fully saturated rings. The molecule has 0 saturated heterocycles. The fourth-order valence-electron chi connectivity index (χ4n) is 3.23. The molecule has 34 heavy (non-hydrogen) atoms. The Kier molecular flexibility index (Phi) is 6.92. The molecule has 0 saturated carbocycles. The number of methoxy groups -OCH3 is 1. The number of halogens is 2. The van der Waals surface area contributed by atoms with E-state index >= 15 is 0 Å². The smallest absolute Gasteiger partial charge is 0.293 e. The van der Waals surface area contributed by atoms with Gasteiger partial charge in [-0.3, -0.25) is 4.79 Å². The number of ether oxygens (including phenoxy) is 1. The van der Waals surface area contributed by atoms with Crippen LogP contribution in [0.25, 0.3) is 22.2 Å². The summed E-state index contributed by atoms with van der Waals surface area (Å²) in [6.45, 7) is -0.994. The number of benzene rings is 2. The summed E-state index contributed by atoms with van der Waals surface area (Å²) in [4.78, 5) is 27.4. The van der Waals surface area contributed by atoms with E-state index in [-0.39, 0.29) is 27.7 Å². The number of hydrogen-bond donors (Lipinski definition) is 3. The van der Waals surface area contributed by atoms with E-state index in [4.69, 9.17) is 26.3 Å². The van der Waals surface area contributed by atoms with Crippen molar-refractivity contribution < 1.29 is 24.2 Å². The molecule has 4 rings (SSSR count). The Morgan fingerprint density at radius 3 is 2.76 bits per heavy atom. The van der Waals surface area contributed by atoms with Crippen molar-refractivity contribution in [2.24, 2.45) is 0 Å². The Hall–Kier alpha value is -3.73. The minimum atomic E-state index is -1.25. The number of nitrogens with one attached hydrogen (secondary N) is 1. The number of rotatable bonds is 8. The van der Waals surface area contributed by atoms with E-state index in [1.807, 2.05) is 0 Å². The summed E-state index contributed by atoms with van der Waals surface area (Å²) in [5.74, 6) is 0.0791. The van der Waals surface area contributed by atoms with Crippen LogP contribution in [0, 0.1) is 5.82 Å². The van der Waals surface area contributed by atoms with Crippen LogP contribution in [0.1, 0.15) is 0 Å². The number of hydrogen-bond acceptors (Lipinski definition) is 8. The van der Waals surface area contributed by atoms with E-state index in [2.05, 4.69) is 15.3 Å². The molecule has 176 valence electrons. The molecular formula is C23H20ClFN4O5. The topological polar surface area (TPSA) is 119 Å². The number of anilines is 2. The van der Waals surface area contributed by atoms with Gasteiger partial charge in [0.05, 0.1) is 24.3 Å². The van der Waals surface area contributed by atoms with Crippen molar-refractivity contribution in [2.75, 3.05) is 25.6 Å². The van der Waals surface area contributed by atoms with E-state index in [1.165, 1.54) is 30.5 Å². The van der Waals surface area contributed by atoms with Crippen molar-refractivity contribution >= 4 is 34.3 Å². The molecule has 9 nitrogen and oxygen atoms in total. The van der Waals surface area contributed by atoms with Crippen LogP contribution in [0.2, 0.25) is 5.02 Å². The molecule has 2 aromatic heterocycles. The third-order valence-corrected chi connectivity index (χ3v) is 5.18. The highest BCUT2D eigenvalue weighted by Gasteiger charge is 2.20. The molecule has 0 spiro atoms. The van der Waals surface area contributed by atoms with Gasteiger partial charge in [0.2, 0.25) is 5.95 Å². The van der Waals surface area contributed by atoms with Crippen LogP contribution in [0.4, 0.5) is 16.0 Å². The molecule has 11 heteroatoms. The van der Waals surface area contributed by atoms with Crippen molar-refractivity contribution in [2.45, 2.75) is 6.10 Å². The lowest BCUT2D eigenvalue weighted by Crippen LogP contribution is -2.34. The highest BCUT2D eigenvalue weighted by atomic mass is 35.5. The molecule has 0 radical (unpaired) electrons. The first kappa shape index (κ1) is 23.4. The minimum absolute atomic E-state index is 0.0376. The summed E-state index contributed by atoms with van der Waals surface area (Å²) in [7, 11) is 1.54. The predicted octanol–water partition coefficient (Wildman–Crippen LogP) is 2.79. The minimum Gasteiger partial charge on any atom is -0.497 e. The molecule has 1 atom stereocenters. The maximum atomic E-state index is 14.6. The van der Waals surface area contributed by atoms with E-state index in [0.717, 1.165) is 4.73 Å². The summed E-state index contributed by atoms with van der Waals surface area (Å²) >= 11 is 6.18. The van der Waals surface area contributed by atoms with Crippen molar-refractivity contribution in [3.05, 3.63) is 75.9 Å². The normalized spacial score (nSPS) is 11.9. The number of aliphatic hydroxyl groups is 2. The van der Waals surface area contributed by atoms with Gasteiger partial charge in [0.1, 0.15) is 24.3 Å². The summed E-state index contributed by atoms with van der Waals surface area (Å²) in [6.07, 6.45) is 0.184. The molecule has 0 aliphatic carbocycles. The van der Waals surface area contributed by atoms with Gasteiger partial charge in [0.25, 0.3) is 5.56 Å². The molecule has 0 bridgehead atoms. The third-order valence-electron chi connectivity index (χ3n) is 4.87. The molecule has 0 aliphatic rings. The zero-order chi connectivity index (χ0) is 24.2. The zero-order valence-electron chi connectivity index (χ0n) is 17.9. The third kappa shape index (κ3) is 4.79. The second-order valence-electron chi connectivity index (χ2n) is 7.22. The number of nitrogens with zero attached hydrogens (tertiary/aromatic N) is 3. The van der Waals surface area contributed by atoms with Crippen molar-refractivity contribution in [1.29, 1.82) is 0 Å². The first-order valence-electron chi connectivity index (χ1n) is 10.1. The Morgan fingerprint density at radius 2 is 2.03 bits per heavy atom. The molecule has 4 aromatic rings. The quantitative estimate of drug-likeness (QED) is 0.348. The highest BCUT2D eigenvalue weighted by Crippen LogP contribution is 2.30. The van der Waals surface area contributed by atoms with Gasteiger partial charge in [-0.15, -0.1) is 4.73 Å². The van der Waals surface area contributed by atoms with E-state index in [0.29, 0.717) is 16.8 Å². The van der Waals surface area contributed by atoms with E-state index in [9.17, 15) is 14.3 Å². The van der Waals surface area contributed by atoms with Crippen LogP contribution in [0.15, 0.2) is 59.5 Å². The lowest BCUT2D eigenvalue weighted by Gasteiger charge is -2.16. The van der Waals surface area contributed by atoms with Crippen molar-refractivity contribution in [3.63, 3.8) is 0 Å². The van der Waals surface area contributed by atoms with E-state index in [1.54, 1.807) is 31.4 Å². The summed E-state index contributed by atoms with van der Waals surface area (Å²) in [5.41, 5.74) is -0.234. The van der Waals surface area contributed by atoms with Gasteiger partial charge in [0, 0.05) is 28.9 Å². The van der Waals surface area contributed by atoms with Crippen LogP contribution in [0.5, 0.6) is 5.75 Å². The van der Waals surface area contributed by atoms with Gasteiger partial charge in [-0.05, 0) is 30.3 Å². The summed E-state index contributed by atoms with van der Waals surface area (Å²) < 4.78 is 20.6. The van der Waals surface area contributed by atoms with Crippen LogP contribution in [-0.2, 0) is 0 Å². The Bertz CT molecular complexity index is 1380. The molecule has 2 heterocycles. The van der Waals surface area contributed by atoms with Gasteiger partial charge in [-0.25, -0.2) is 9.37 Å². The molecule has 2 aromatic carbocycles. The number of aliphatic hydroxyl groups excluding tert-OH is 2. The number of fused-ring (bicyclic) bond motifs is 1. The summed E-state index contributed by atoms with van der Waals surface area (Å²) in [5, 5.41) is 22.3. The van der Waals surface area contributed by atoms with Crippen molar-refractivity contribution in [1.82, 2.24) is 14.7 Å². The number of pyridine rings is 1. The second-order valence-corrected chi connectivity index (χ2v) is 7.62. The van der Waals surface area contributed by atoms with Gasteiger partial charge in [-0.1, -0.05) is 23.7 Å². The Morgan fingerprint density at radius 1 is 1.24 bits per heavy atom. The fourth-order valence-corrected chi connectivity index (χ4v) is 3.49. The van der Waals surface area contributed by atoms with Crippen LogP contribution >= 0.6 is 11.6 Å². The first-order chi connectivity index (χ1) is 16.4. The maximum Gasteiger partial charge on any atom is 0.293 e. The van der Waals surface area contributed by atoms with Crippen molar-refractivity contribution in [3.8, 4) is 16.9 Å². The highest BCUT2D eigenvalue weighted by molar-refractivity contribution is 6.33. The van der Waals surface area contributed by atoms with Crippen LogP contribution < -0.4 is 20.5 Å². The fraction of sp³-hybridized carbons (Fsp3) is 0.174. The monoisotopic (exact) mass is 486 g/mol. The van der Waals surface area contributed by atoms with E-state index < -0.39 is 30.7 Å². The van der Waals surface area contributed by atoms with Gasteiger partial charge < -0.3 is 25.1 Å². The standard InChI is InChI=1S/C23H20ClFN4O5/c1-33-16-5-2-4-14(9-16)27-23-26-10-13-8-17(20-18(24)6-3-7-19(20)25)22(32)29(21(13)28-23)34-12-15(31)11-30/h2-10,15,30-31H,11-12H2,1H3,(H,26,27,28)/t15-/m0/s1. The van der Waals surface area contributed by atoms with Crippen LogP contribution in [-0.4, -0.2) is 51.3 Å². The second kappa shape index (κ2) is 10.0. The molecule has 0 unspecified atom stereocenters. The average Bonchev–Trinajstić information content (AvgIpc) is 2.84.